The Balaban J connectivity index is 1.50. The summed E-state index contributed by atoms with van der Waals surface area (Å²) in [7, 11) is 0. The van der Waals surface area contributed by atoms with Crippen LogP contribution in [0.15, 0.2) is 72.5 Å². The molecule has 140 valence electrons. The van der Waals surface area contributed by atoms with Gasteiger partial charge in [-0.2, -0.15) is 0 Å². The zero-order valence-electron chi connectivity index (χ0n) is 15.4. The molecule has 0 radical (unpaired) electrons. The molecule has 4 rings (SSSR count). The molecule has 0 spiro atoms. The van der Waals surface area contributed by atoms with E-state index in [-0.39, 0.29) is 5.78 Å². The summed E-state index contributed by atoms with van der Waals surface area (Å²) in [5, 5.41) is 0.661. The number of fused-ring (bicyclic) bond motifs is 1. The average molecular weight is 391 g/mol. The van der Waals surface area contributed by atoms with Crippen LogP contribution in [0.4, 0.5) is 0 Å². The van der Waals surface area contributed by atoms with Crippen LogP contribution in [0.2, 0.25) is 5.02 Å². The van der Waals surface area contributed by atoms with Crippen LogP contribution in [0.5, 0.6) is 11.5 Å². The number of carbonyl (C=O) groups is 1. The van der Waals surface area contributed by atoms with Crippen molar-refractivity contribution < 1.29 is 14.3 Å². The number of ketones is 1. The minimum atomic E-state index is -0.118. The van der Waals surface area contributed by atoms with Crippen molar-refractivity contribution in [1.29, 1.82) is 0 Å². The lowest BCUT2D eigenvalue weighted by molar-refractivity contribution is 0.101. The Morgan fingerprint density at radius 2 is 1.82 bits per heavy atom. The number of halogens is 1. The minimum Gasteiger partial charge on any atom is -0.489 e. The maximum atomic E-state index is 12.6. The molecule has 28 heavy (non-hydrogen) atoms. The highest BCUT2D eigenvalue weighted by Gasteiger charge is 2.27. The summed E-state index contributed by atoms with van der Waals surface area (Å²) >= 11 is 6.16. The molecule has 0 amide bonds. The van der Waals surface area contributed by atoms with E-state index in [1.807, 2.05) is 36.4 Å². The normalized spacial score (nSPS) is 14.1. The predicted molar refractivity (Wildman–Crippen MR) is 111 cm³/mol. The van der Waals surface area contributed by atoms with Gasteiger partial charge in [0, 0.05) is 16.7 Å². The zero-order valence-corrected chi connectivity index (χ0v) is 16.2. The van der Waals surface area contributed by atoms with Gasteiger partial charge in [0.05, 0.1) is 5.56 Å². The third kappa shape index (κ3) is 3.80. The first-order valence-electron chi connectivity index (χ1n) is 9.17. The van der Waals surface area contributed by atoms with E-state index in [0.29, 0.717) is 34.5 Å². The largest absolute Gasteiger partial charge is 0.489 e. The van der Waals surface area contributed by atoms with E-state index in [0.717, 1.165) is 17.5 Å². The number of benzene rings is 3. The highest BCUT2D eigenvalue weighted by molar-refractivity contribution is 6.31. The molecular weight excluding hydrogens is 372 g/mol. The smallest absolute Gasteiger partial charge is 0.231 e. The quantitative estimate of drug-likeness (QED) is 0.494. The fourth-order valence-corrected chi connectivity index (χ4v) is 3.22. The first-order valence-corrected chi connectivity index (χ1v) is 9.55. The molecule has 1 aliphatic heterocycles. The molecule has 0 saturated carbocycles. The van der Waals surface area contributed by atoms with Crippen molar-refractivity contribution in [2.24, 2.45) is 0 Å². The van der Waals surface area contributed by atoms with Gasteiger partial charge < -0.3 is 9.47 Å². The van der Waals surface area contributed by atoms with E-state index in [9.17, 15) is 4.79 Å². The summed E-state index contributed by atoms with van der Waals surface area (Å²) in [4.78, 5) is 12.6. The molecule has 3 nitrogen and oxygen atoms in total. The molecule has 0 unspecified atom stereocenters. The Labute approximate surface area is 169 Å². The van der Waals surface area contributed by atoms with Gasteiger partial charge in [0.1, 0.15) is 18.1 Å². The topological polar surface area (TPSA) is 35.5 Å². The minimum absolute atomic E-state index is 0.118. The average Bonchev–Trinajstić information content (AvgIpc) is 3.03. The molecule has 3 aromatic rings. The lowest BCUT2D eigenvalue weighted by atomic mass is 10.1. The molecule has 0 fully saturated rings. The Bertz CT molecular complexity index is 1050. The summed E-state index contributed by atoms with van der Waals surface area (Å²) in [6.45, 7) is 2.46. The molecule has 0 bridgehead atoms. The summed E-state index contributed by atoms with van der Waals surface area (Å²) in [6.07, 6.45) is 2.75. The SMILES string of the molecule is CCc1ccc(/C=C2\Oc3cc(OCc4ccccc4Cl)ccc3C2=O)cc1. The Morgan fingerprint density at radius 1 is 1.04 bits per heavy atom. The molecule has 3 aromatic carbocycles. The number of aryl methyl sites for hydroxylation is 1. The number of hydrogen-bond donors (Lipinski definition) is 0. The van der Waals surface area contributed by atoms with Crippen molar-refractivity contribution >= 4 is 23.5 Å². The molecule has 0 aliphatic carbocycles. The molecule has 1 aliphatic rings. The summed E-state index contributed by atoms with van der Waals surface area (Å²) in [5.74, 6) is 1.34. The Kier molecular flexibility index (Phi) is 5.18. The van der Waals surface area contributed by atoms with Gasteiger partial charge in [0.15, 0.2) is 5.76 Å². The van der Waals surface area contributed by atoms with Crippen LogP contribution in [-0.4, -0.2) is 5.78 Å². The van der Waals surface area contributed by atoms with Crippen LogP contribution in [0, 0.1) is 0 Å². The molecule has 0 aromatic heterocycles. The van der Waals surface area contributed by atoms with Crippen molar-refractivity contribution in [3.8, 4) is 11.5 Å². The number of rotatable bonds is 5. The molecular formula is C24H19ClO3. The number of carbonyl (C=O) groups excluding carboxylic acids is 1. The Hall–Kier alpha value is -3.04. The Morgan fingerprint density at radius 3 is 2.57 bits per heavy atom. The van der Waals surface area contributed by atoms with Gasteiger partial charge >= 0.3 is 0 Å². The summed E-state index contributed by atoms with van der Waals surface area (Å²) in [5.41, 5.74) is 3.63. The van der Waals surface area contributed by atoms with Gasteiger partial charge in [-0.25, -0.2) is 0 Å². The van der Waals surface area contributed by atoms with Crippen molar-refractivity contribution in [3.05, 3.63) is 99.8 Å². The van der Waals surface area contributed by atoms with Crippen LogP contribution >= 0.6 is 11.6 Å². The van der Waals surface area contributed by atoms with Gasteiger partial charge in [-0.15, -0.1) is 0 Å². The van der Waals surface area contributed by atoms with E-state index in [2.05, 4.69) is 19.1 Å². The molecule has 0 atom stereocenters. The van der Waals surface area contributed by atoms with Gasteiger partial charge in [-0.05, 0) is 41.8 Å². The molecule has 1 heterocycles. The van der Waals surface area contributed by atoms with Gasteiger partial charge in [-0.3, -0.25) is 4.79 Å². The van der Waals surface area contributed by atoms with Crippen molar-refractivity contribution in [2.45, 2.75) is 20.0 Å². The number of allylic oxidation sites excluding steroid dienone is 1. The maximum absolute atomic E-state index is 12.6. The fraction of sp³-hybridized carbons (Fsp3) is 0.125. The summed E-state index contributed by atoms with van der Waals surface area (Å²) in [6, 6.07) is 20.9. The third-order valence-corrected chi connectivity index (χ3v) is 5.05. The molecule has 0 saturated heterocycles. The molecule has 4 heteroatoms. The maximum Gasteiger partial charge on any atom is 0.231 e. The first kappa shape index (κ1) is 18.3. The highest BCUT2D eigenvalue weighted by Crippen LogP contribution is 2.35. The van der Waals surface area contributed by atoms with Crippen molar-refractivity contribution in [2.75, 3.05) is 0 Å². The highest BCUT2D eigenvalue weighted by atomic mass is 35.5. The van der Waals surface area contributed by atoms with E-state index >= 15 is 0 Å². The van der Waals surface area contributed by atoms with E-state index < -0.39 is 0 Å². The van der Waals surface area contributed by atoms with Crippen molar-refractivity contribution in [1.82, 2.24) is 0 Å². The van der Waals surface area contributed by atoms with Crippen LogP contribution in [0.25, 0.3) is 6.08 Å². The number of ether oxygens (including phenoxy) is 2. The first-order chi connectivity index (χ1) is 13.6. The van der Waals surface area contributed by atoms with Crippen molar-refractivity contribution in [3.63, 3.8) is 0 Å². The van der Waals surface area contributed by atoms with Crippen LogP contribution in [0.3, 0.4) is 0 Å². The predicted octanol–water partition coefficient (Wildman–Crippen LogP) is 6.10. The lowest BCUT2D eigenvalue weighted by Gasteiger charge is -2.08. The van der Waals surface area contributed by atoms with Crippen LogP contribution in [0.1, 0.15) is 34.0 Å². The monoisotopic (exact) mass is 390 g/mol. The van der Waals surface area contributed by atoms with Crippen LogP contribution in [-0.2, 0) is 13.0 Å². The fourth-order valence-electron chi connectivity index (χ4n) is 3.03. The van der Waals surface area contributed by atoms with E-state index in [4.69, 9.17) is 21.1 Å². The number of Topliss-reactive ketones (excluding diaryl/α,β-unsaturated/α-hetero) is 1. The van der Waals surface area contributed by atoms with Crippen LogP contribution < -0.4 is 9.47 Å². The number of hydrogen-bond acceptors (Lipinski definition) is 3. The van der Waals surface area contributed by atoms with Gasteiger partial charge in [-0.1, -0.05) is 61.0 Å². The standard InChI is InChI=1S/C24H19ClO3/c1-2-16-7-9-17(10-8-16)13-23-24(26)20-12-11-19(14-22(20)28-23)27-15-18-5-3-4-6-21(18)25/h3-14H,2,15H2,1H3/b23-13-. The van der Waals surface area contributed by atoms with Gasteiger partial charge in [0.2, 0.25) is 5.78 Å². The van der Waals surface area contributed by atoms with Gasteiger partial charge in [0.25, 0.3) is 0 Å². The zero-order chi connectivity index (χ0) is 19.5. The molecule has 0 N–H and O–H groups in total. The lowest BCUT2D eigenvalue weighted by Crippen LogP contribution is -1.98. The second kappa shape index (κ2) is 7.91. The second-order valence-electron chi connectivity index (χ2n) is 6.57. The van der Waals surface area contributed by atoms with E-state index in [1.54, 1.807) is 24.3 Å². The van der Waals surface area contributed by atoms with E-state index in [1.165, 1.54) is 5.56 Å². The second-order valence-corrected chi connectivity index (χ2v) is 6.98. The third-order valence-electron chi connectivity index (χ3n) is 4.68. The summed E-state index contributed by atoms with van der Waals surface area (Å²) < 4.78 is 11.6.